The van der Waals surface area contributed by atoms with Crippen LogP contribution in [0, 0.1) is 13.8 Å². The van der Waals surface area contributed by atoms with E-state index in [1.165, 1.54) is 5.56 Å². The van der Waals surface area contributed by atoms with E-state index < -0.39 is 0 Å². The van der Waals surface area contributed by atoms with Gasteiger partial charge in [0.1, 0.15) is 5.75 Å². The zero-order valence-electron chi connectivity index (χ0n) is 10.4. The van der Waals surface area contributed by atoms with E-state index in [-0.39, 0.29) is 0 Å². The molecule has 0 bridgehead atoms. The van der Waals surface area contributed by atoms with Crippen LogP contribution in [-0.4, -0.2) is 10.1 Å². The zero-order chi connectivity index (χ0) is 12.3. The van der Waals surface area contributed by atoms with E-state index in [1.807, 2.05) is 32.9 Å². The fourth-order valence-electron chi connectivity index (χ4n) is 1.49. The average Bonchev–Trinajstić information content (AvgIpc) is 2.78. The molecule has 1 heterocycles. The first-order chi connectivity index (χ1) is 8.19. The van der Waals surface area contributed by atoms with E-state index in [0.717, 1.165) is 17.7 Å². The number of nitrogens with zero attached hydrogens (tertiary/aromatic N) is 2. The standard InChI is InChI=1S/C13H16N2O2/c1-4-12-14-13(17-15-12)8-16-11-7-9(2)5-6-10(11)3/h5-7H,4,8H2,1-3H3. The van der Waals surface area contributed by atoms with Gasteiger partial charge in [0, 0.05) is 6.42 Å². The lowest BCUT2D eigenvalue weighted by Gasteiger charge is -2.07. The van der Waals surface area contributed by atoms with Gasteiger partial charge in [-0.25, -0.2) is 0 Å². The second-order valence-electron chi connectivity index (χ2n) is 4.02. The van der Waals surface area contributed by atoms with Crippen molar-refractivity contribution >= 4 is 0 Å². The summed E-state index contributed by atoms with van der Waals surface area (Å²) in [5.74, 6) is 2.09. The summed E-state index contributed by atoms with van der Waals surface area (Å²) >= 11 is 0. The molecule has 0 radical (unpaired) electrons. The molecule has 0 unspecified atom stereocenters. The average molecular weight is 232 g/mol. The van der Waals surface area contributed by atoms with Crippen molar-refractivity contribution in [3.8, 4) is 5.75 Å². The molecule has 4 heteroatoms. The third kappa shape index (κ3) is 2.84. The molecule has 0 amide bonds. The molecule has 90 valence electrons. The first kappa shape index (κ1) is 11.6. The number of aromatic nitrogens is 2. The van der Waals surface area contributed by atoms with Crippen LogP contribution in [0.1, 0.15) is 29.8 Å². The Hall–Kier alpha value is -1.84. The fraction of sp³-hybridized carbons (Fsp3) is 0.385. The number of benzene rings is 1. The third-order valence-corrected chi connectivity index (χ3v) is 2.52. The molecule has 0 N–H and O–H groups in total. The summed E-state index contributed by atoms with van der Waals surface area (Å²) in [5, 5.41) is 3.82. The fourth-order valence-corrected chi connectivity index (χ4v) is 1.49. The van der Waals surface area contributed by atoms with Crippen LogP contribution < -0.4 is 4.74 Å². The third-order valence-electron chi connectivity index (χ3n) is 2.52. The Balaban J connectivity index is 2.04. The molecule has 0 saturated heterocycles. The predicted octanol–water partition coefficient (Wildman–Crippen LogP) is 2.83. The number of hydrogen-bond donors (Lipinski definition) is 0. The number of rotatable bonds is 4. The Morgan fingerprint density at radius 3 is 2.82 bits per heavy atom. The zero-order valence-corrected chi connectivity index (χ0v) is 10.4. The van der Waals surface area contributed by atoms with Gasteiger partial charge in [-0.05, 0) is 31.0 Å². The molecule has 0 fully saturated rings. The van der Waals surface area contributed by atoms with Crippen LogP contribution in [0.3, 0.4) is 0 Å². The molecule has 4 nitrogen and oxygen atoms in total. The highest BCUT2D eigenvalue weighted by molar-refractivity contribution is 5.35. The minimum absolute atomic E-state index is 0.317. The van der Waals surface area contributed by atoms with Gasteiger partial charge in [-0.2, -0.15) is 4.98 Å². The maximum absolute atomic E-state index is 5.67. The van der Waals surface area contributed by atoms with Gasteiger partial charge < -0.3 is 9.26 Å². The maximum Gasteiger partial charge on any atom is 0.264 e. The molecule has 2 rings (SSSR count). The molecule has 0 aliphatic heterocycles. The minimum Gasteiger partial charge on any atom is -0.483 e. The van der Waals surface area contributed by atoms with Gasteiger partial charge >= 0.3 is 0 Å². The summed E-state index contributed by atoms with van der Waals surface area (Å²) in [4.78, 5) is 4.19. The molecule has 0 saturated carbocycles. The SMILES string of the molecule is CCc1noc(COc2cc(C)ccc2C)n1. The van der Waals surface area contributed by atoms with Crippen LogP contribution in [0.25, 0.3) is 0 Å². The first-order valence-corrected chi connectivity index (χ1v) is 5.70. The number of aryl methyl sites for hydroxylation is 3. The molecule has 1 aromatic carbocycles. The molecule has 17 heavy (non-hydrogen) atoms. The topological polar surface area (TPSA) is 48.2 Å². The summed E-state index contributed by atoms with van der Waals surface area (Å²) in [6.07, 6.45) is 0.771. The summed E-state index contributed by atoms with van der Waals surface area (Å²) < 4.78 is 10.7. The van der Waals surface area contributed by atoms with Crippen molar-refractivity contribution in [3.63, 3.8) is 0 Å². The van der Waals surface area contributed by atoms with Gasteiger partial charge in [-0.15, -0.1) is 0 Å². The smallest absolute Gasteiger partial charge is 0.264 e. The van der Waals surface area contributed by atoms with Crippen molar-refractivity contribution in [2.24, 2.45) is 0 Å². The van der Waals surface area contributed by atoms with Crippen molar-refractivity contribution in [1.82, 2.24) is 10.1 Å². The molecular formula is C13H16N2O2. The van der Waals surface area contributed by atoms with E-state index in [0.29, 0.717) is 18.3 Å². The van der Waals surface area contributed by atoms with Crippen LogP contribution >= 0.6 is 0 Å². The molecule has 0 atom stereocenters. The number of ether oxygens (including phenoxy) is 1. The molecule has 1 aromatic heterocycles. The van der Waals surface area contributed by atoms with Crippen molar-refractivity contribution in [3.05, 3.63) is 41.0 Å². The van der Waals surface area contributed by atoms with Crippen molar-refractivity contribution in [1.29, 1.82) is 0 Å². The Morgan fingerprint density at radius 1 is 1.29 bits per heavy atom. The van der Waals surface area contributed by atoms with Crippen LogP contribution in [0.15, 0.2) is 22.7 Å². The lowest BCUT2D eigenvalue weighted by atomic mass is 10.1. The van der Waals surface area contributed by atoms with Gasteiger partial charge in [0.05, 0.1) is 0 Å². The maximum atomic E-state index is 5.67. The van der Waals surface area contributed by atoms with Crippen molar-refractivity contribution < 1.29 is 9.26 Å². The van der Waals surface area contributed by atoms with Crippen molar-refractivity contribution in [2.75, 3.05) is 0 Å². The Bertz CT molecular complexity index is 506. The van der Waals surface area contributed by atoms with Crippen LogP contribution in [0.2, 0.25) is 0 Å². The van der Waals surface area contributed by atoms with Gasteiger partial charge in [-0.1, -0.05) is 24.2 Å². The molecule has 2 aromatic rings. The second-order valence-corrected chi connectivity index (χ2v) is 4.02. The van der Waals surface area contributed by atoms with Gasteiger partial charge in [-0.3, -0.25) is 0 Å². The van der Waals surface area contributed by atoms with E-state index >= 15 is 0 Å². The Morgan fingerprint density at radius 2 is 2.12 bits per heavy atom. The normalized spacial score (nSPS) is 10.5. The highest BCUT2D eigenvalue weighted by Gasteiger charge is 2.06. The van der Waals surface area contributed by atoms with Crippen LogP contribution in [0.4, 0.5) is 0 Å². The molecule has 0 aliphatic carbocycles. The Kier molecular flexibility index (Phi) is 3.42. The van der Waals surface area contributed by atoms with Crippen molar-refractivity contribution in [2.45, 2.75) is 33.8 Å². The summed E-state index contributed by atoms with van der Waals surface area (Å²) in [6.45, 7) is 6.35. The predicted molar refractivity (Wildman–Crippen MR) is 63.9 cm³/mol. The van der Waals surface area contributed by atoms with E-state index in [9.17, 15) is 0 Å². The monoisotopic (exact) mass is 232 g/mol. The van der Waals surface area contributed by atoms with E-state index in [2.05, 4.69) is 16.2 Å². The summed E-state index contributed by atoms with van der Waals surface area (Å²) in [6, 6.07) is 6.10. The van der Waals surface area contributed by atoms with Gasteiger partial charge in [0.15, 0.2) is 12.4 Å². The largest absolute Gasteiger partial charge is 0.483 e. The summed E-state index contributed by atoms with van der Waals surface area (Å²) in [5.41, 5.74) is 2.27. The minimum atomic E-state index is 0.317. The molecular weight excluding hydrogens is 216 g/mol. The van der Waals surface area contributed by atoms with Crippen LogP contribution in [-0.2, 0) is 13.0 Å². The van der Waals surface area contributed by atoms with Crippen LogP contribution in [0.5, 0.6) is 5.75 Å². The molecule has 0 aliphatic rings. The van der Waals surface area contributed by atoms with E-state index in [1.54, 1.807) is 0 Å². The quantitative estimate of drug-likeness (QED) is 0.813. The highest BCUT2D eigenvalue weighted by atomic mass is 16.5. The van der Waals surface area contributed by atoms with E-state index in [4.69, 9.17) is 9.26 Å². The lowest BCUT2D eigenvalue weighted by Crippen LogP contribution is -1.98. The first-order valence-electron chi connectivity index (χ1n) is 5.70. The van der Waals surface area contributed by atoms with Gasteiger partial charge in [0.2, 0.25) is 0 Å². The van der Waals surface area contributed by atoms with Gasteiger partial charge in [0.25, 0.3) is 5.89 Å². The Labute approximate surface area is 101 Å². The lowest BCUT2D eigenvalue weighted by molar-refractivity contribution is 0.241. The number of hydrogen-bond acceptors (Lipinski definition) is 4. The molecule has 0 spiro atoms. The highest BCUT2D eigenvalue weighted by Crippen LogP contribution is 2.20. The summed E-state index contributed by atoms with van der Waals surface area (Å²) in [7, 11) is 0. The second kappa shape index (κ2) is 4.99.